The van der Waals surface area contributed by atoms with E-state index in [2.05, 4.69) is 5.32 Å². The highest BCUT2D eigenvalue weighted by molar-refractivity contribution is 5.36. The van der Waals surface area contributed by atoms with Crippen LogP contribution >= 0.6 is 0 Å². The van der Waals surface area contributed by atoms with Crippen molar-refractivity contribution in [2.45, 2.75) is 26.3 Å². The molecule has 0 amide bonds. The molecule has 0 bridgehead atoms. The van der Waals surface area contributed by atoms with Gasteiger partial charge in [-0.2, -0.15) is 0 Å². The Bertz CT molecular complexity index is 401. The number of halogens is 1. The molecule has 0 heterocycles. The van der Waals surface area contributed by atoms with Crippen molar-refractivity contribution in [1.82, 2.24) is 5.32 Å². The predicted octanol–water partition coefficient (Wildman–Crippen LogP) is 2.93. The molecule has 1 atom stereocenters. The average Bonchev–Trinajstić information content (AvgIpc) is 2.46. The summed E-state index contributed by atoms with van der Waals surface area (Å²) in [6, 6.07) is 4.76. The molecule has 0 saturated heterocycles. The van der Waals surface area contributed by atoms with E-state index in [-0.39, 0.29) is 11.9 Å². The van der Waals surface area contributed by atoms with Gasteiger partial charge < -0.3 is 19.5 Å². The molecule has 1 N–H and O–H groups in total. The highest BCUT2D eigenvalue weighted by Gasteiger charge is 2.11. The molecule has 0 aromatic heterocycles. The first kappa shape index (κ1) is 17.9. The van der Waals surface area contributed by atoms with Crippen LogP contribution in [0, 0.1) is 5.82 Å². The number of rotatable bonds is 11. The van der Waals surface area contributed by atoms with Gasteiger partial charge in [-0.05, 0) is 26.0 Å². The van der Waals surface area contributed by atoms with Gasteiger partial charge in [-0.3, -0.25) is 0 Å². The molecule has 0 aliphatic heterocycles. The maximum atomic E-state index is 13.4. The van der Waals surface area contributed by atoms with Gasteiger partial charge in [0, 0.05) is 38.0 Å². The monoisotopic (exact) mass is 299 g/mol. The van der Waals surface area contributed by atoms with E-state index in [0.717, 1.165) is 18.5 Å². The normalized spacial score (nSPS) is 12.4. The van der Waals surface area contributed by atoms with Crippen LogP contribution < -0.4 is 10.1 Å². The van der Waals surface area contributed by atoms with Crippen molar-refractivity contribution in [1.29, 1.82) is 0 Å². The zero-order valence-corrected chi connectivity index (χ0v) is 13.2. The average molecular weight is 299 g/mol. The Morgan fingerprint density at radius 3 is 2.71 bits per heavy atom. The fourth-order valence-corrected chi connectivity index (χ4v) is 2.03. The van der Waals surface area contributed by atoms with E-state index in [4.69, 9.17) is 14.2 Å². The van der Waals surface area contributed by atoms with Crippen LogP contribution in [0.15, 0.2) is 18.2 Å². The Hall–Kier alpha value is -1.17. The summed E-state index contributed by atoms with van der Waals surface area (Å²) in [5, 5.41) is 3.30. The van der Waals surface area contributed by atoms with Gasteiger partial charge in [-0.1, -0.05) is 13.0 Å². The third kappa shape index (κ3) is 6.89. The second-order valence-electron chi connectivity index (χ2n) is 4.77. The lowest BCUT2D eigenvalue weighted by atomic mass is 10.1. The van der Waals surface area contributed by atoms with Gasteiger partial charge in [0.2, 0.25) is 0 Å². The zero-order chi connectivity index (χ0) is 15.5. The minimum absolute atomic E-state index is 0.119. The van der Waals surface area contributed by atoms with Gasteiger partial charge in [-0.15, -0.1) is 0 Å². The lowest BCUT2D eigenvalue weighted by molar-refractivity contribution is 0.0802. The number of nitrogens with one attached hydrogen (secondary N) is 1. The van der Waals surface area contributed by atoms with E-state index in [1.165, 1.54) is 12.1 Å². The van der Waals surface area contributed by atoms with Crippen molar-refractivity contribution in [2.75, 3.05) is 40.1 Å². The van der Waals surface area contributed by atoms with Gasteiger partial charge >= 0.3 is 0 Å². The number of ether oxygens (including phenoxy) is 3. The lowest BCUT2D eigenvalue weighted by Gasteiger charge is -2.17. The largest absolute Gasteiger partial charge is 0.491 e. The van der Waals surface area contributed by atoms with Gasteiger partial charge in [0.25, 0.3) is 0 Å². The fraction of sp³-hybridized carbons (Fsp3) is 0.625. The quantitative estimate of drug-likeness (QED) is 0.638. The van der Waals surface area contributed by atoms with Crippen molar-refractivity contribution >= 4 is 0 Å². The van der Waals surface area contributed by atoms with Gasteiger partial charge in [0.1, 0.15) is 18.2 Å². The second-order valence-corrected chi connectivity index (χ2v) is 4.77. The molecule has 1 rings (SSSR count). The first-order valence-corrected chi connectivity index (χ1v) is 7.41. The molecule has 0 aliphatic rings. The summed E-state index contributed by atoms with van der Waals surface area (Å²) in [5.74, 6) is 0.280. The zero-order valence-electron chi connectivity index (χ0n) is 13.2. The molecule has 0 aliphatic carbocycles. The molecule has 5 heteroatoms. The van der Waals surface area contributed by atoms with Crippen LogP contribution in [0.1, 0.15) is 31.9 Å². The lowest BCUT2D eigenvalue weighted by Crippen LogP contribution is -2.19. The first-order valence-electron chi connectivity index (χ1n) is 7.41. The van der Waals surface area contributed by atoms with Crippen LogP contribution in [0.4, 0.5) is 4.39 Å². The first-order chi connectivity index (χ1) is 10.2. The third-order valence-corrected chi connectivity index (χ3v) is 3.07. The van der Waals surface area contributed by atoms with Crippen molar-refractivity contribution < 1.29 is 18.6 Å². The molecule has 1 aromatic rings. The van der Waals surface area contributed by atoms with Gasteiger partial charge in [0.05, 0.1) is 6.61 Å². The highest BCUT2D eigenvalue weighted by atomic mass is 19.1. The second kappa shape index (κ2) is 10.5. The standard InChI is InChI=1S/C16H26FNO3/c1-4-18-13(2)15-7-6-14(17)12-16(15)21-11-10-20-9-5-8-19-3/h6-7,12-13,18H,4-5,8-11H2,1-3H3. The van der Waals surface area contributed by atoms with Crippen molar-refractivity contribution in [3.05, 3.63) is 29.6 Å². The van der Waals surface area contributed by atoms with E-state index < -0.39 is 0 Å². The molecular formula is C16H26FNO3. The molecular weight excluding hydrogens is 273 g/mol. The molecule has 1 unspecified atom stereocenters. The number of benzene rings is 1. The Morgan fingerprint density at radius 1 is 1.19 bits per heavy atom. The molecule has 21 heavy (non-hydrogen) atoms. The van der Waals surface area contributed by atoms with E-state index in [9.17, 15) is 4.39 Å². The summed E-state index contributed by atoms with van der Waals surface area (Å²) in [6.45, 7) is 7.13. The van der Waals surface area contributed by atoms with E-state index >= 15 is 0 Å². The van der Waals surface area contributed by atoms with Crippen LogP contribution in [-0.4, -0.2) is 40.1 Å². The van der Waals surface area contributed by atoms with Crippen molar-refractivity contribution in [2.24, 2.45) is 0 Å². The molecule has 0 radical (unpaired) electrons. The van der Waals surface area contributed by atoms with Crippen LogP contribution in [0.2, 0.25) is 0 Å². The van der Waals surface area contributed by atoms with Gasteiger partial charge in [-0.25, -0.2) is 4.39 Å². The Morgan fingerprint density at radius 2 is 2.00 bits per heavy atom. The summed E-state index contributed by atoms with van der Waals surface area (Å²) < 4.78 is 29.4. The predicted molar refractivity (Wildman–Crippen MR) is 81.3 cm³/mol. The van der Waals surface area contributed by atoms with Crippen LogP contribution in [0.3, 0.4) is 0 Å². The number of hydrogen-bond acceptors (Lipinski definition) is 4. The summed E-state index contributed by atoms with van der Waals surface area (Å²) in [6.07, 6.45) is 0.860. The summed E-state index contributed by atoms with van der Waals surface area (Å²) in [7, 11) is 1.67. The van der Waals surface area contributed by atoms with Crippen LogP contribution in [0.25, 0.3) is 0 Å². The minimum atomic E-state index is -0.293. The van der Waals surface area contributed by atoms with Gasteiger partial charge in [0.15, 0.2) is 0 Å². The Balaban J connectivity index is 2.43. The smallest absolute Gasteiger partial charge is 0.127 e. The molecule has 1 aromatic carbocycles. The molecule has 0 spiro atoms. The van der Waals surface area contributed by atoms with E-state index in [0.29, 0.717) is 32.2 Å². The fourth-order valence-electron chi connectivity index (χ4n) is 2.03. The van der Waals surface area contributed by atoms with E-state index in [1.807, 2.05) is 13.8 Å². The maximum absolute atomic E-state index is 13.4. The molecule has 0 fully saturated rings. The molecule has 4 nitrogen and oxygen atoms in total. The molecule has 0 saturated carbocycles. The van der Waals surface area contributed by atoms with E-state index in [1.54, 1.807) is 13.2 Å². The van der Waals surface area contributed by atoms with Crippen molar-refractivity contribution in [3.8, 4) is 5.75 Å². The Kier molecular flexibility index (Phi) is 8.98. The summed E-state index contributed by atoms with van der Waals surface area (Å²) in [4.78, 5) is 0. The summed E-state index contributed by atoms with van der Waals surface area (Å²) in [5.41, 5.74) is 0.956. The SMILES string of the molecule is CCNC(C)c1ccc(F)cc1OCCOCCCOC. The maximum Gasteiger partial charge on any atom is 0.127 e. The Labute approximate surface area is 126 Å². The minimum Gasteiger partial charge on any atom is -0.491 e. The summed E-state index contributed by atoms with van der Waals surface area (Å²) >= 11 is 0. The van der Waals surface area contributed by atoms with Crippen LogP contribution in [0.5, 0.6) is 5.75 Å². The van der Waals surface area contributed by atoms with Crippen molar-refractivity contribution in [3.63, 3.8) is 0 Å². The molecule has 120 valence electrons. The third-order valence-electron chi connectivity index (χ3n) is 3.07. The topological polar surface area (TPSA) is 39.7 Å². The number of hydrogen-bond donors (Lipinski definition) is 1. The highest BCUT2D eigenvalue weighted by Crippen LogP contribution is 2.26. The van der Waals surface area contributed by atoms with Crippen LogP contribution in [-0.2, 0) is 9.47 Å². The number of methoxy groups -OCH3 is 1.